The number of rotatable bonds is 4. The maximum Gasteiger partial charge on any atom is 0.281 e. The lowest BCUT2D eigenvalue weighted by molar-refractivity contribution is 0.312. The van der Waals surface area contributed by atoms with E-state index < -0.39 is 10.2 Å². The number of anilines is 2. The fraction of sp³-hybridized carbons (Fsp3) is 0.733. The molecule has 2 saturated heterocycles. The van der Waals surface area contributed by atoms with Crippen molar-refractivity contribution in [3.8, 4) is 0 Å². The van der Waals surface area contributed by atoms with Crippen molar-refractivity contribution in [2.75, 3.05) is 83.3 Å². The van der Waals surface area contributed by atoms with Gasteiger partial charge in [0.05, 0.1) is 0 Å². The van der Waals surface area contributed by atoms with Crippen LogP contribution in [0, 0.1) is 0 Å². The van der Waals surface area contributed by atoms with E-state index in [1.807, 2.05) is 6.07 Å². The Balaban J connectivity index is 1.65. The fourth-order valence-corrected chi connectivity index (χ4v) is 4.18. The molecule has 0 spiro atoms. The fourth-order valence-electron chi connectivity index (χ4n) is 3.10. The van der Waals surface area contributed by atoms with E-state index in [0.29, 0.717) is 26.2 Å². The van der Waals surface area contributed by atoms with Crippen molar-refractivity contribution in [3.63, 3.8) is 0 Å². The Morgan fingerprint density at radius 1 is 0.880 bits per heavy atom. The van der Waals surface area contributed by atoms with Gasteiger partial charge in [0.1, 0.15) is 18.0 Å². The normalized spacial score (nSPS) is 21.1. The third-order valence-corrected chi connectivity index (χ3v) is 6.76. The molecule has 2 fully saturated rings. The largest absolute Gasteiger partial charge is 0.354 e. The summed E-state index contributed by atoms with van der Waals surface area (Å²) in [6, 6.07) is 2.02. The van der Waals surface area contributed by atoms with Crippen LogP contribution in [0.5, 0.6) is 0 Å². The highest BCUT2D eigenvalue weighted by molar-refractivity contribution is 7.86. The molecule has 9 nitrogen and oxygen atoms in total. The Kier molecular flexibility index (Phi) is 5.42. The summed E-state index contributed by atoms with van der Waals surface area (Å²) in [5.74, 6) is 1.81. The predicted octanol–water partition coefficient (Wildman–Crippen LogP) is -0.843. The highest BCUT2D eigenvalue weighted by Gasteiger charge is 2.29. The summed E-state index contributed by atoms with van der Waals surface area (Å²) >= 11 is 0. The van der Waals surface area contributed by atoms with E-state index in [9.17, 15) is 8.42 Å². The van der Waals surface area contributed by atoms with Gasteiger partial charge in [-0.25, -0.2) is 9.97 Å². The Morgan fingerprint density at radius 2 is 1.36 bits per heavy atom. The van der Waals surface area contributed by atoms with Crippen molar-refractivity contribution in [3.05, 3.63) is 12.4 Å². The van der Waals surface area contributed by atoms with Crippen molar-refractivity contribution < 1.29 is 8.42 Å². The molecule has 0 unspecified atom stereocenters. The second-order valence-electron chi connectivity index (χ2n) is 6.70. The summed E-state index contributed by atoms with van der Waals surface area (Å²) in [5.41, 5.74) is 0. The molecule has 1 aromatic rings. The maximum absolute atomic E-state index is 12.2. The Hall–Kier alpha value is -1.49. The standard InChI is InChI=1S/C15H27N7O2S/c1-18(2)25(23,24)22-10-8-21(9-11-22)15-12-14(16-13-17-15)20-6-4-19(3)5-7-20/h12-13H,4-11H2,1-3H3. The van der Waals surface area contributed by atoms with Crippen LogP contribution in [0.1, 0.15) is 0 Å². The van der Waals surface area contributed by atoms with Gasteiger partial charge < -0.3 is 14.7 Å². The van der Waals surface area contributed by atoms with E-state index in [0.717, 1.165) is 37.8 Å². The van der Waals surface area contributed by atoms with Crippen LogP contribution >= 0.6 is 0 Å². The lowest BCUT2D eigenvalue weighted by Gasteiger charge is -2.36. The first-order valence-corrected chi connectivity index (χ1v) is 9.96. The van der Waals surface area contributed by atoms with Crippen molar-refractivity contribution in [2.45, 2.75) is 0 Å². The van der Waals surface area contributed by atoms with E-state index in [4.69, 9.17) is 0 Å². The number of hydrogen-bond acceptors (Lipinski definition) is 7. The van der Waals surface area contributed by atoms with Gasteiger partial charge in [-0.3, -0.25) is 0 Å². The van der Waals surface area contributed by atoms with Gasteiger partial charge in [-0.15, -0.1) is 0 Å². The molecule has 0 N–H and O–H groups in total. The molecule has 0 saturated carbocycles. The molecule has 2 aliphatic rings. The average molecular weight is 369 g/mol. The molecule has 0 radical (unpaired) electrons. The van der Waals surface area contributed by atoms with Gasteiger partial charge in [0, 0.05) is 72.5 Å². The van der Waals surface area contributed by atoms with Crippen LogP contribution in [0.25, 0.3) is 0 Å². The Morgan fingerprint density at radius 3 is 1.84 bits per heavy atom. The van der Waals surface area contributed by atoms with E-state index in [1.54, 1.807) is 20.4 Å². The molecule has 25 heavy (non-hydrogen) atoms. The SMILES string of the molecule is CN1CCN(c2cc(N3CCN(S(=O)(=O)N(C)C)CC3)ncn2)CC1. The molecule has 0 aromatic carbocycles. The van der Waals surface area contributed by atoms with Crippen LogP contribution in [-0.4, -0.2) is 105 Å². The van der Waals surface area contributed by atoms with Gasteiger partial charge in [-0.1, -0.05) is 0 Å². The molecule has 0 amide bonds. The van der Waals surface area contributed by atoms with Crippen molar-refractivity contribution in [1.82, 2.24) is 23.5 Å². The molecule has 3 heterocycles. The zero-order valence-electron chi connectivity index (χ0n) is 15.2. The molecular formula is C15H27N7O2S. The van der Waals surface area contributed by atoms with Crippen LogP contribution < -0.4 is 9.80 Å². The first kappa shape index (κ1) is 18.3. The molecule has 10 heteroatoms. The zero-order chi connectivity index (χ0) is 18.0. The summed E-state index contributed by atoms with van der Waals surface area (Å²) in [6.07, 6.45) is 1.60. The lowest BCUT2D eigenvalue weighted by Crippen LogP contribution is -2.52. The number of piperazine rings is 2. The van der Waals surface area contributed by atoms with Crippen LogP contribution in [0.2, 0.25) is 0 Å². The molecular weight excluding hydrogens is 342 g/mol. The molecule has 2 aliphatic heterocycles. The van der Waals surface area contributed by atoms with Crippen LogP contribution in [0.4, 0.5) is 11.6 Å². The maximum atomic E-state index is 12.2. The third-order valence-electron chi connectivity index (χ3n) is 4.82. The molecule has 3 rings (SSSR count). The second kappa shape index (κ2) is 7.40. The Labute approximate surface area is 150 Å². The van der Waals surface area contributed by atoms with E-state index in [-0.39, 0.29) is 0 Å². The smallest absolute Gasteiger partial charge is 0.281 e. The second-order valence-corrected chi connectivity index (χ2v) is 8.84. The zero-order valence-corrected chi connectivity index (χ0v) is 16.0. The minimum Gasteiger partial charge on any atom is -0.354 e. The summed E-state index contributed by atoms with van der Waals surface area (Å²) in [6.45, 7) is 6.17. The van der Waals surface area contributed by atoms with E-state index in [1.165, 1.54) is 8.61 Å². The van der Waals surface area contributed by atoms with Gasteiger partial charge in [0.15, 0.2) is 0 Å². The van der Waals surface area contributed by atoms with Gasteiger partial charge in [-0.05, 0) is 7.05 Å². The number of likely N-dealkylation sites (N-methyl/N-ethyl adjacent to an activating group) is 1. The number of aromatic nitrogens is 2. The topological polar surface area (TPSA) is 76.1 Å². The molecule has 0 bridgehead atoms. The predicted molar refractivity (Wildman–Crippen MR) is 98.1 cm³/mol. The summed E-state index contributed by atoms with van der Waals surface area (Å²) in [5, 5.41) is 0. The van der Waals surface area contributed by atoms with E-state index in [2.05, 4.69) is 31.7 Å². The highest BCUT2D eigenvalue weighted by Crippen LogP contribution is 2.21. The highest BCUT2D eigenvalue weighted by atomic mass is 32.2. The first-order chi connectivity index (χ1) is 11.9. The minimum atomic E-state index is -3.34. The third kappa shape index (κ3) is 4.02. The van der Waals surface area contributed by atoms with E-state index >= 15 is 0 Å². The molecule has 0 aliphatic carbocycles. The quantitative estimate of drug-likeness (QED) is 0.685. The summed E-state index contributed by atoms with van der Waals surface area (Å²) in [7, 11) is 1.92. The summed E-state index contributed by atoms with van der Waals surface area (Å²) < 4.78 is 27.2. The number of hydrogen-bond donors (Lipinski definition) is 0. The van der Waals surface area contributed by atoms with Crippen LogP contribution in [0.3, 0.4) is 0 Å². The molecule has 0 atom stereocenters. The Bertz CT molecular complexity index is 681. The molecule has 140 valence electrons. The molecule has 1 aromatic heterocycles. The average Bonchev–Trinajstić information content (AvgIpc) is 2.62. The van der Waals surface area contributed by atoms with Gasteiger partial charge in [-0.2, -0.15) is 17.0 Å². The minimum absolute atomic E-state index is 0.467. The first-order valence-electron chi connectivity index (χ1n) is 8.56. The van der Waals surface area contributed by atoms with Gasteiger partial charge in [0.2, 0.25) is 0 Å². The van der Waals surface area contributed by atoms with Crippen LogP contribution in [0.15, 0.2) is 12.4 Å². The van der Waals surface area contributed by atoms with Crippen LogP contribution in [-0.2, 0) is 10.2 Å². The summed E-state index contributed by atoms with van der Waals surface area (Å²) in [4.78, 5) is 15.5. The lowest BCUT2D eigenvalue weighted by atomic mass is 10.3. The monoisotopic (exact) mass is 369 g/mol. The van der Waals surface area contributed by atoms with Gasteiger partial charge >= 0.3 is 0 Å². The van der Waals surface area contributed by atoms with Crippen molar-refractivity contribution >= 4 is 21.8 Å². The number of nitrogens with zero attached hydrogens (tertiary/aromatic N) is 7. The van der Waals surface area contributed by atoms with Crippen molar-refractivity contribution in [2.24, 2.45) is 0 Å². The van der Waals surface area contributed by atoms with Gasteiger partial charge in [0.25, 0.3) is 10.2 Å². The van der Waals surface area contributed by atoms with Crippen molar-refractivity contribution in [1.29, 1.82) is 0 Å².